The molecule has 0 unspecified atom stereocenters. The molecule has 0 aliphatic rings. The van der Waals surface area contributed by atoms with Gasteiger partial charge in [-0.2, -0.15) is 5.10 Å². The number of benzene rings is 1. The molecule has 0 aliphatic heterocycles. The number of aromatic nitrogens is 2. The first kappa shape index (κ1) is 8.74. The van der Waals surface area contributed by atoms with Crippen molar-refractivity contribution in [3.05, 3.63) is 24.4 Å². The number of nitrogens with one attached hydrogen (secondary N) is 1. The summed E-state index contributed by atoms with van der Waals surface area (Å²) in [6.45, 7) is 1.98. The standard InChI is InChI=1S/C10H12N4/c1-2-10(11)13-8-3-4-9-7(5-8)6-12-14-9/h3-6H,2H2,1H3,(H2,11,13)(H,12,14). The van der Waals surface area contributed by atoms with Crippen LogP contribution in [0.4, 0.5) is 5.69 Å². The summed E-state index contributed by atoms with van der Waals surface area (Å²) >= 11 is 0. The number of amidine groups is 1. The van der Waals surface area contributed by atoms with Crippen molar-refractivity contribution < 1.29 is 0 Å². The molecule has 1 heterocycles. The summed E-state index contributed by atoms with van der Waals surface area (Å²) in [7, 11) is 0. The number of hydrogen-bond donors (Lipinski definition) is 2. The van der Waals surface area contributed by atoms with Gasteiger partial charge in [-0.3, -0.25) is 5.10 Å². The molecule has 0 atom stereocenters. The van der Waals surface area contributed by atoms with Crippen LogP contribution in [-0.2, 0) is 0 Å². The molecule has 4 nitrogen and oxygen atoms in total. The summed E-state index contributed by atoms with van der Waals surface area (Å²) in [5, 5.41) is 7.87. The van der Waals surface area contributed by atoms with Crippen LogP contribution in [0.1, 0.15) is 13.3 Å². The Balaban J connectivity index is 2.44. The molecule has 0 spiro atoms. The highest BCUT2D eigenvalue weighted by Gasteiger charge is 1.96. The first-order valence-corrected chi connectivity index (χ1v) is 4.56. The maximum atomic E-state index is 5.65. The van der Waals surface area contributed by atoms with Crippen LogP contribution in [0.5, 0.6) is 0 Å². The molecule has 0 amide bonds. The monoisotopic (exact) mass is 188 g/mol. The van der Waals surface area contributed by atoms with Gasteiger partial charge in [0.05, 0.1) is 23.2 Å². The third-order valence-electron chi connectivity index (χ3n) is 2.06. The van der Waals surface area contributed by atoms with Crippen LogP contribution in [0.15, 0.2) is 29.4 Å². The average Bonchev–Trinajstić information content (AvgIpc) is 2.64. The summed E-state index contributed by atoms with van der Waals surface area (Å²) in [5.41, 5.74) is 7.54. The second-order valence-electron chi connectivity index (χ2n) is 3.10. The lowest BCUT2D eigenvalue weighted by molar-refractivity contribution is 1.12. The van der Waals surface area contributed by atoms with Crippen molar-refractivity contribution in [3.8, 4) is 0 Å². The zero-order valence-corrected chi connectivity index (χ0v) is 7.99. The van der Waals surface area contributed by atoms with E-state index in [9.17, 15) is 0 Å². The fraction of sp³-hybridized carbons (Fsp3) is 0.200. The summed E-state index contributed by atoms with van der Waals surface area (Å²) in [6, 6.07) is 5.83. The lowest BCUT2D eigenvalue weighted by Gasteiger charge is -1.96. The Labute approximate surface area is 81.8 Å². The zero-order valence-electron chi connectivity index (χ0n) is 7.99. The zero-order chi connectivity index (χ0) is 9.97. The van der Waals surface area contributed by atoms with E-state index < -0.39 is 0 Å². The maximum absolute atomic E-state index is 5.65. The largest absolute Gasteiger partial charge is 0.387 e. The van der Waals surface area contributed by atoms with E-state index in [4.69, 9.17) is 5.73 Å². The van der Waals surface area contributed by atoms with Crippen molar-refractivity contribution in [1.29, 1.82) is 0 Å². The number of aromatic amines is 1. The van der Waals surface area contributed by atoms with Crippen LogP contribution in [-0.4, -0.2) is 16.0 Å². The van der Waals surface area contributed by atoms with E-state index in [1.54, 1.807) is 6.20 Å². The highest BCUT2D eigenvalue weighted by Crippen LogP contribution is 2.19. The van der Waals surface area contributed by atoms with Gasteiger partial charge in [-0.25, -0.2) is 4.99 Å². The van der Waals surface area contributed by atoms with Crippen LogP contribution in [0, 0.1) is 0 Å². The van der Waals surface area contributed by atoms with Gasteiger partial charge in [0.15, 0.2) is 0 Å². The molecule has 0 saturated carbocycles. The molecular weight excluding hydrogens is 176 g/mol. The number of aliphatic imine (C=N–C) groups is 1. The second-order valence-corrected chi connectivity index (χ2v) is 3.10. The Morgan fingerprint density at radius 1 is 1.57 bits per heavy atom. The molecule has 72 valence electrons. The minimum atomic E-state index is 0.646. The number of rotatable bonds is 2. The lowest BCUT2D eigenvalue weighted by atomic mass is 10.2. The summed E-state index contributed by atoms with van der Waals surface area (Å²) < 4.78 is 0. The third kappa shape index (κ3) is 1.59. The van der Waals surface area contributed by atoms with Crippen molar-refractivity contribution in [1.82, 2.24) is 10.2 Å². The van der Waals surface area contributed by atoms with E-state index in [1.165, 1.54) is 0 Å². The lowest BCUT2D eigenvalue weighted by Crippen LogP contribution is -2.08. The Kier molecular flexibility index (Phi) is 2.18. The Bertz CT molecular complexity index is 470. The molecule has 0 aliphatic carbocycles. The first-order valence-electron chi connectivity index (χ1n) is 4.56. The molecule has 1 aromatic heterocycles. The Morgan fingerprint density at radius 3 is 3.21 bits per heavy atom. The van der Waals surface area contributed by atoms with Crippen LogP contribution in [0.25, 0.3) is 10.9 Å². The molecule has 4 heteroatoms. The Morgan fingerprint density at radius 2 is 2.43 bits per heavy atom. The van der Waals surface area contributed by atoms with Crippen molar-refractivity contribution >= 4 is 22.4 Å². The molecule has 1 aromatic carbocycles. The van der Waals surface area contributed by atoms with Gasteiger partial charge >= 0.3 is 0 Å². The van der Waals surface area contributed by atoms with E-state index in [-0.39, 0.29) is 0 Å². The van der Waals surface area contributed by atoms with E-state index >= 15 is 0 Å². The van der Waals surface area contributed by atoms with Crippen molar-refractivity contribution in [2.24, 2.45) is 10.7 Å². The molecular formula is C10H12N4. The number of nitrogens with two attached hydrogens (primary N) is 1. The fourth-order valence-electron chi connectivity index (χ4n) is 1.24. The predicted octanol–water partition coefficient (Wildman–Crippen LogP) is 1.96. The van der Waals surface area contributed by atoms with Gasteiger partial charge in [0.25, 0.3) is 0 Å². The van der Waals surface area contributed by atoms with Crippen molar-refractivity contribution in [2.45, 2.75) is 13.3 Å². The second kappa shape index (κ2) is 3.49. The normalized spacial score (nSPS) is 12.2. The molecule has 0 radical (unpaired) electrons. The fourth-order valence-corrected chi connectivity index (χ4v) is 1.24. The van der Waals surface area contributed by atoms with Gasteiger partial charge < -0.3 is 5.73 Å². The van der Waals surface area contributed by atoms with Gasteiger partial charge in [0.2, 0.25) is 0 Å². The van der Waals surface area contributed by atoms with E-state index in [1.807, 2.05) is 25.1 Å². The van der Waals surface area contributed by atoms with Gasteiger partial charge in [-0.1, -0.05) is 6.92 Å². The average molecular weight is 188 g/mol. The first-order chi connectivity index (χ1) is 6.79. The summed E-state index contributed by atoms with van der Waals surface area (Å²) in [5.74, 6) is 0.646. The van der Waals surface area contributed by atoms with Crippen LogP contribution in [0.2, 0.25) is 0 Å². The quantitative estimate of drug-likeness (QED) is 0.558. The number of H-pyrrole nitrogens is 1. The molecule has 2 rings (SSSR count). The minimum absolute atomic E-state index is 0.646. The SMILES string of the molecule is CCC(N)=Nc1ccc2[nH]ncc2c1. The number of nitrogens with zero attached hydrogens (tertiary/aromatic N) is 2. The van der Waals surface area contributed by atoms with Crippen LogP contribution >= 0.6 is 0 Å². The minimum Gasteiger partial charge on any atom is -0.387 e. The molecule has 0 bridgehead atoms. The smallest absolute Gasteiger partial charge is 0.0993 e. The summed E-state index contributed by atoms with van der Waals surface area (Å²) in [6.07, 6.45) is 2.54. The van der Waals surface area contributed by atoms with Crippen LogP contribution < -0.4 is 5.73 Å². The van der Waals surface area contributed by atoms with Crippen molar-refractivity contribution in [3.63, 3.8) is 0 Å². The van der Waals surface area contributed by atoms with E-state index in [2.05, 4.69) is 15.2 Å². The summed E-state index contributed by atoms with van der Waals surface area (Å²) in [4.78, 5) is 4.26. The number of fused-ring (bicyclic) bond motifs is 1. The highest BCUT2D eigenvalue weighted by molar-refractivity contribution is 5.86. The van der Waals surface area contributed by atoms with Gasteiger partial charge in [0, 0.05) is 11.8 Å². The van der Waals surface area contributed by atoms with Gasteiger partial charge in [0.1, 0.15) is 0 Å². The van der Waals surface area contributed by atoms with Gasteiger partial charge in [-0.15, -0.1) is 0 Å². The number of hydrogen-bond acceptors (Lipinski definition) is 2. The molecule has 14 heavy (non-hydrogen) atoms. The van der Waals surface area contributed by atoms with Crippen molar-refractivity contribution in [2.75, 3.05) is 0 Å². The van der Waals surface area contributed by atoms with Crippen LogP contribution in [0.3, 0.4) is 0 Å². The van der Waals surface area contributed by atoms with E-state index in [0.29, 0.717) is 5.84 Å². The maximum Gasteiger partial charge on any atom is 0.0993 e. The Hall–Kier alpha value is -1.84. The van der Waals surface area contributed by atoms with E-state index in [0.717, 1.165) is 23.0 Å². The van der Waals surface area contributed by atoms with Gasteiger partial charge in [-0.05, 0) is 18.2 Å². The third-order valence-corrected chi connectivity index (χ3v) is 2.06. The molecule has 2 aromatic rings. The topological polar surface area (TPSA) is 67.1 Å². The molecule has 0 saturated heterocycles. The molecule has 0 fully saturated rings. The molecule has 3 N–H and O–H groups in total. The predicted molar refractivity (Wildman–Crippen MR) is 57.7 cm³/mol. The highest BCUT2D eigenvalue weighted by atomic mass is 15.1.